The molecule has 1 fully saturated rings. The van der Waals surface area contributed by atoms with Crippen LogP contribution in [0.2, 0.25) is 0 Å². The Morgan fingerprint density at radius 2 is 1.77 bits per heavy atom. The first-order valence-electron chi connectivity index (χ1n) is 8.36. The Bertz CT molecular complexity index is 875. The van der Waals surface area contributed by atoms with E-state index in [1.54, 1.807) is 12.1 Å². The minimum absolute atomic E-state index is 0.156. The smallest absolute Gasteiger partial charge is 0.324 e. The molecule has 0 aromatic heterocycles. The van der Waals surface area contributed by atoms with Crippen LogP contribution >= 0.6 is 0 Å². The van der Waals surface area contributed by atoms with Crippen molar-refractivity contribution in [1.29, 1.82) is 0 Å². The summed E-state index contributed by atoms with van der Waals surface area (Å²) in [5.41, 5.74) is 2.62. The molecule has 6 heteroatoms. The van der Waals surface area contributed by atoms with Crippen molar-refractivity contribution in [2.75, 3.05) is 11.9 Å². The number of carbonyl (C=O) groups excluding carboxylic acids is 3. The highest BCUT2D eigenvalue weighted by Gasteiger charge is 2.34. The second-order valence-corrected chi connectivity index (χ2v) is 5.85. The zero-order chi connectivity index (χ0) is 18.5. The molecular weight excluding hydrogens is 330 g/mol. The molecule has 0 unspecified atom stereocenters. The van der Waals surface area contributed by atoms with Gasteiger partial charge in [-0.15, -0.1) is 0 Å². The van der Waals surface area contributed by atoms with E-state index in [0.29, 0.717) is 5.69 Å². The van der Waals surface area contributed by atoms with Crippen LogP contribution in [0.5, 0.6) is 0 Å². The van der Waals surface area contributed by atoms with Crippen LogP contribution in [0.1, 0.15) is 18.1 Å². The molecule has 1 aliphatic rings. The lowest BCUT2D eigenvalue weighted by molar-refractivity contribution is -0.127. The van der Waals surface area contributed by atoms with Gasteiger partial charge in [-0.3, -0.25) is 9.59 Å². The topological polar surface area (TPSA) is 78.5 Å². The van der Waals surface area contributed by atoms with E-state index < -0.39 is 17.8 Å². The van der Waals surface area contributed by atoms with Gasteiger partial charge in [0.25, 0.3) is 5.91 Å². The SMILES string of the molecule is CCc1ccccc1NC(=O)CN1C(=O)N/C(=C/c2ccccc2)C1=O. The van der Waals surface area contributed by atoms with Crippen LogP contribution in [0.3, 0.4) is 0 Å². The molecule has 1 heterocycles. The molecule has 3 rings (SSSR count). The van der Waals surface area contributed by atoms with Crippen molar-refractivity contribution >= 4 is 29.6 Å². The van der Waals surface area contributed by atoms with Crippen molar-refractivity contribution < 1.29 is 14.4 Å². The zero-order valence-electron chi connectivity index (χ0n) is 14.4. The molecule has 26 heavy (non-hydrogen) atoms. The normalized spacial score (nSPS) is 15.3. The molecule has 1 saturated heterocycles. The molecule has 2 aromatic carbocycles. The predicted octanol–water partition coefficient (Wildman–Crippen LogP) is 2.78. The Morgan fingerprint density at radius 3 is 2.50 bits per heavy atom. The predicted molar refractivity (Wildman–Crippen MR) is 99.1 cm³/mol. The highest BCUT2D eigenvalue weighted by molar-refractivity contribution is 6.15. The van der Waals surface area contributed by atoms with Crippen LogP contribution < -0.4 is 10.6 Å². The summed E-state index contributed by atoms with van der Waals surface area (Å²) >= 11 is 0. The highest BCUT2D eigenvalue weighted by atomic mass is 16.2. The van der Waals surface area contributed by atoms with Crippen LogP contribution in [-0.2, 0) is 16.0 Å². The van der Waals surface area contributed by atoms with Gasteiger partial charge < -0.3 is 10.6 Å². The number of hydrogen-bond acceptors (Lipinski definition) is 3. The summed E-state index contributed by atoms with van der Waals surface area (Å²) in [6.07, 6.45) is 2.36. The number of nitrogens with zero attached hydrogens (tertiary/aromatic N) is 1. The molecule has 132 valence electrons. The van der Waals surface area contributed by atoms with Gasteiger partial charge in [-0.1, -0.05) is 55.5 Å². The van der Waals surface area contributed by atoms with Crippen LogP contribution in [-0.4, -0.2) is 29.3 Å². The summed E-state index contributed by atoms with van der Waals surface area (Å²) in [7, 11) is 0. The summed E-state index contributed by atoms with van der Waals surface area (Å²) < 4.78 is 0. The van der Waals surface area contributed by atoms with E-state index in [-0.39, 0.29) is 12.2 Å². The number of amides is 4. The number of anilines is 1. The Hall–Kier alpha value is -3.41. The average Bonchev–Trinajstić information content (AvgIpc) is 2.90. The van der Waals surface area contributed by atoms with Gasteiger partial charge in [-0.05, 0) is 29.7 Å². The van der Waals surface area contributed by atoms with E-state index in [2.05, 4.69) is 10.6 Å². The molecule has 6 nitrogen and oxygen atoms in total. The average molecular weight is 349 g/mol. The number of rotatable bonds is 5. The molecule has 0 bridgehead atoms. The van der Waals surface area contributed by atoms with Crippen molar-refractivity contribution in [3.63, 3.8) is 0 Å². The lowest BCUT2D eigenvalue weighted by atomic mass is 10.1. The van der Waals surface area contributed by atoms with Gasteiger partial charge in [0.15, 0.2) is 0 Å². The summed E-state index contributed by atoms with van der Waals surface area (Å²) in [5.74, 6) is -0.937. The summed E-state index contributed by atoms with van der Waals surface area (Å²) in [6, 6.07) is 16.0. The molecular formula is C20H19N3O3. The first kappa shape index (κ1) is 17.4. The molecule has 2 aromatic rings. The van der Waals surface area contributed by atoms with E-state index in [1.165, 1.54) is 0 Å². The van der Waals surface area contributed by atoms with Gasteiger partial charge in [0, 0.05) is 5.69 Å². The number of imide groups is 1. The van der Waals surface area contributed by atoms with Gasteiger partial charge in [0.05, 0.1) is 0 Å². The third-order valence-corrected chi connectivity index (χ3v) is 4.05. The summed E-state index contributed by atoms with van der Waals surface area (Å²) in [4.78, 5) is 37.7. The number of carbonyl (C=O) groups is 3. The quantitative estimate of drug-likeness (QED) is 0.643. The second-order valence-electron chi connectivity index (χ2n) is 5.85. The summed E-state index contributed by atoms with van der Waals surface area (Å²) in [5, 5.41) is 5.27. The molecule has 4 amide bonds. The van der Waals surface area contributed by atoms with E-state index in [4.69, 9.17) is 0 Å². The van der Waals surface area contributed by atoms with E-state index in [0.717, 1.165) is 22.4 Å². The van der Waals surface area contributed by atoms with E-state index in [9.17, 15) is 14.4 Å². The number of nitrogens with one attached hydrogen (secondary N) is 2. The molecule has 2 N–H and O–H groups in total. The standard InChI is InChI=1S/C20H19N3O3/c1-2-15-10-6-7-11-16(15)21-18(24)13-23-19(25)17(22-20(23)26)12-14-8-4-3-5-9-14/h3-12H,2,13H2,1H3,(H,21,24)(H,22,26)/b17-12+. The minimum atomic E-state index is -0.601. The molecule has 0 radical (unpaired) electrons. The first-order valence-corrected chi connectivity index (χ1v) is 8.36. The van der Waals surface area contributed by atoms with Crippen molar-refractivity contribution in [2.45, 2.75) is 13.3 Å². The third kappa shape index (κ3) is 3.80. The molecule has 1 aliphatic heterocycles. The van der Waals surface area contributed by atoms with Crippen LogP contribution in [0.25, 0.3) is 6.08 Å². The molecule has 0 aliphatic carbocycles. The maximum absolute atomic E-state index is 12.4. The summed E-state index contributed by atoms with van der Waals surface area (Å²) in [6.45, 7) is 1.65. The number of para-hydroxylation sites is 1. The third-order valence-electron chi connectivity index (χ3n) is 4.05. The highest BCUT2D eigenvalue weighted by Crippen LogP contribution is 2.17. The Labute approximate surface area is 151 Å². The zero-order valence-corrected chi connectivity index (χ0v) is 14.4. The van der Waals surface area contributed by atoms with Gasteiger partial charge in [0.2, 0.25) is 5.91 Å². The fourth-order valence-electron chi connectivity index (χ4n) is 2.72. The van der Waals surface area contributed by atoms with Gasteiger partial charge in [-0.2, -0.15) is 0 Å². The van der Waals surface area contributed by atoms with E-state index >= 15 is 0 Å². The number of aryl methyl sites for hydroxylation is 1. The van der Waals surface area contributed by atoms with Gasteiger partial charge >= 0.3 is 6.03 Å². The minimum Gasteiger partial charge on any atom is -0.324 e. The Balaban J connectivity index is 1.70. The Kier molecular flexibility index (Phi) is 5.12. The Morgan fingerprint density at radius 1 is 1.08 bits per heavy atom. The fourth-order valence-corrected chi connectivity index (χ4v) is 2.72. The van der Waals surface area contributed by atoms with Gasteiger partial charge in [0.1, 0.15) is 12.2 Å². The van der Waals surface area contributed by atoms with Crippen LogP contribution in [0, 0.1) is 0 Å². The lowest BCUT2D eigenvalue weighted by Crippen LogP contribution is -2.38. The van der Waals surface area contributed by atoms with Crippen molar-refractivity contribution in [2.24, 2.45) is 0 Å². The lowest BCUT2D eigenvalue weighted by Gasteiger charge is -2.13. The fraction of sp³-hybridized carbons (Fsp3) is 0.150. The second kappa shape index (κ2) is 7.65. The molecule has 0 spiro atoms. The first-order chi connectivity index (χ1) is 12.6. The van der Waals surface area contributed by atoms with Crippen LogP contribution in [0.4, 0.5) is 10.5 Å². The number of hydrogen-bond donors (Lipinski definition) is 2. The molecule has 0 saturated carbocycles. The monoisotopic (exact) mass is 349 g/mol. The van der Waals surface area contributed by atoms with Gasteiger partial charge in [-0.25, -0.2) is 9.69 Å². The van der Waals surface area contributed by atoms with Crippen molar-refractivity contribution in [1.82, 2.24) is 10.2 Å². The van der Waals surface area contributed by atoms with E-state index in [1.807, 2.05) is 55.5 Å². The largest absolute Gasteiger partial charge is 0.329 e. The maximum atomic E-state index is 12.4. The van der Waals surface area contributed by atoms with Crippen molar-refractivity contribution in [3.8, 4) is 0 Å². The van der Waals surface area contributed by atoms with Crippen molar-refractivity contribution in [3.05, 3.63) is 71.4 Å². The van der Waals surface area contributed by atoms with Crippen LogP contribution in [0.15, 0.2) is 60.3 Å². The number of benzene rings is 2. The number of urea groups is 1. The molecule has 0 atom stereocenters. The maximum Gasteiger partial charge on any atom is 0.329 e.